The van der Waals surface area contributed by atoms with Crippen molar-refractivity contribution in [3.05, 3.63) is 33.5 Å². The first-order chi connectivity index (χ1) is 11.0. The van der Waals surface area contributed by atoms with Gasteiger partial charge in [-0.25, -0.2) is 0 Å². The van der Waals surface area contributed by atoms with Gasteiger partial charge in [-0.1, -0.05) is 18.5 Å². The Morgan fingerprint density at radius 3 is 2.91 bits per heavy atom. The number of hydrogen-bond donors (Lipinski definition) is 2. The third-order valence-electron chi connectivity index (χ3n) is 4.28. The first-order valence-electron chi connectivity index (χ1n) is 7.68. The van der Waals surface area contributed by atoms with Crippen LogP contribution in [-0.2, 0) is 12.8 Å². The molecule has 23 heavy (non-hydrogen) atoms. The number of primary amides is 1. The van der Waals surface area contributed by atoms with E-state index in [4.69, 9.17) is 10.3 Å². The molecule has 1 atom stereocenters. The van der Waals surface area contributed by atoms with Crippen molar-refractivity contribution in [2.45, 2.75) is 39.5 Å². The summed E-state index contributed by atoms with van der Waals surface area (Å²) in [5.74, 6) is 0.296. The molecule has 3 rings (SSSR count). The van der Waals surface area contributed by atoms with Crippen LogP contribution in [0.4, 0.5) is 5.00 Å². The summed E-state index contributed by atoms with van der Waals surface area (Å²) in [5, 5.41) is 6.98. The second-order valence-corrected chi connectivity index (χ2v) is 6.97. The smallest absolute Gasteiger partial charge is 0.278 e. The second kappa shape index (κ2) is 6.16. The van der Waals surface area contributed by atoms with E-state index in [0.717, 1.165) is 36.1 Å². The zero-order chi connectivity index (χ0) is 16.6. The van der Waals surface area contributed by atoms with Gasteiger partial charge >= 0.3 is 0 Å². The van der Waals surface area contributed by atoms with Crippen LogP contribution in [0.1, 0.15) is 56.8 Å². The highest BCUT2D eigenvalue weighted by Crippen LogP contribution is 2.40. The molecule has 1 aliphatic carbocycles. The van der Waals surface area contributed by atoms with Crippen molar-refractivity contribution < 1.29 is 14.1 Å². The summed E-state index contributed by atoms with van der Waals surface area (Å²) in [6, 6.07) is 1.56. The van der Waals surface area contributed by atoms with Gasteiger partial charge in [0.1, 0.15) is 10.8 Å². The van der Waals surface area contributed by atoms with Crippen LogP contribution in [0.2, 0.25) is 0 Å². The molecule has 0 saturated heterocycles. The van der Waals surface area contributed by atoms with Gasteiger partial charge in [-0.15, -0.1) is 11.3 Å². The van der Waals surface area contributed by atoms with E-state index in [1.807, 2.05) is 0 Å². The lowest BCUT2D eigenvalue weighted by Crippen LogP contribution is -2.19. The van der Waals surface area contributed by atoms with Crippen LogP contribution in [0.3, 0.4) is 0 Å². The van der Waals surface area contributed by atoms with Crippen molar-refractivity contribution in [1.29, 1.82) is 0 Å². The van der Waals surface area contributed by atoms with E-state index < -0.39 is 11.8 Å². The summed E-state index contributed by atoms with van der Waals surface area (Å²) in [7, 11) is 0. The lowest BCUT2D eigenvalue weighted by atomic mass is 9.85. The van der Waals surface area contributed by atoms with Gasteiger partial charge in [0, 0.05) is 10.9 Å². The molecule has 2 amide bonds. The van der Waals surface area contributed by atoms with E-state index >= 15 is 0 Å². The fourth-order valence-electron chi connectivity index (χ4n) is 2.99. The zero-order valence-electron chi connectivity index (χ0n) is 13.1. The van der Waals surface area contributed by atoms with Crippen molar-refractivity contribution in [3.8, 4) is 0 Å². The molecule has 122 valence electrons. The average molecular weight is 333 g/mol. The van der Waals surface area contributed by atoms with E-state index in [0.29, 0.717) is 22.2 Å². The molecule has 2 aromatic rings. The number of fused-ring (bicyclic) bond motifs is 1. The largest absolute Gasteiger partial charge is 0.365 e. The highest BCUT2D eigenvalue weighted by Gasteiger charge is 2.28. The summed E-state index contributed by atoms with van der Waals surface area (Å²) in [6.45, 7) is 3.89. The van der Waals surface area contributed by atoms with Crippen LogP contribution in [0.15, 0.2) is 10.6 Å². The number of carbonyl (C=O) groups is 2. The maximum atomic E-state index is 12.3. The number of nitrogens with one attached hydrogen (secondary N) is 1. The molecule has 0 fully saturated rings. The molecular formula is C16H19N3O3S. The molecule has 0 aliphatic heterocycles. The van der Waals surface area contributed by atoms with E-state index in [2.05, 4.69) is 17.4 Å². The highest BCUT2D eigenvalue weighted by atomic mass is 32.1. The number of rotatable bonds is 4. The molecule has 1 aliphatic rings. The number of carbonyl (C=O) groups excluding carboxylic acids is 2. The predicted molar refractivity (Wildman–Crippen MR) is 87.8 cm³/mol. The molecule has 7 heteroatoms. The van der Waals surface area contributed by atoms with E-state index in [9.17, 15) is 9.59 Å². The fraction of sp³-hybridized carbons (Fsp3) is 0.438. The molecule has 6 nitrogen and oxygen atoms in total. The number of hydrogen-bond acceptors (Lipinski definition) is 5. The van der Waals surface area contributed by atoms with Crippen LogP contribution in [0, 0.1) is 12.8 Å². The number of aryl methyl sites for hydroxylation is 1. The van der Waals surface area contributed by atoms with Crippen molar-refractivity contribution >= 4 is 28.2 Å². The molecule has 0 saturated carbocycles. The lowest BCUT2D eigenvalue weighted by Gasteiger charge is -2.20. The molecule has 0 aromatic carbocycles. The third-order valence-corrected chi connectivity index (χ3v) is 5.45. The molecule has 1 unspecified atom stereocenters. The Morgan fingerprint density at radius 2 is 2.30 bits per heavy atom. The van der Waals surface area contributed by atoms with Gasteiger partial charge in [-0.2, -0.15) is 0 Å². The minimum Gasteiger partial charge on any atom is -0.365 e. The summed E-state index contributed by atoms with van der Waals surface area (Å²) in [5.41, 5.74) is 7.19. The Labute approximate surface area is 138 Å². The van der Waals surface area contributed by atoms with Gasteiger partial charge in [0.25, 0.3) is 11.8 Å². The minimum absolute atomic E-state index is 0.190. The van der Waals surface area contributed by atoms with E-state index in [1.54, 1.807) is 13.0 Å². The highest BCUT2D eigenvalue weighted by molar-refractivity contribution is 7.17. The minimum atomic E-state index is -0.496. The van der Waals surface area contributed by atoms with Gasteiger partial charge in [-0.05, 0) is 37.7 Å². The van der Waals surface area contributed by atoms with Gasteiger partial charge in [-0.3, -0.25) is 9.59 Å². The van der Waals surface area contributed by atoms with Crippen molar-refractivity contribution in [1.82, 2.24) is 5.16 Å². The zero-order valence-corrected chi connectivity index (χ0v) is 14.0. The van der Waals surface area contributed by atoms with Gasteiger partial charge < -0.3 is 15.6 Å². The van der Waals surface area contributed by atoms with E-state index in [1.165, 1.54) is 11.3 Å². The topological polar surface area (TPSA) is 98.2 Å². The van der Waals surface area contributed by atoms with Crippen LogP contribution >= 0.6 is 11.3 Å². The fourth-order valence-corrected chi connectivity index (χ4v) is 4.35. The standard InChI is InChI=1S/C16H19N3O3S/c1-3-9-4-5-10-12(7-9)23-16(13(10)14(17)20)18-15(21)11-6-8(2)22-19-11/h6,9H,3-5,7H2,1-2H3,(H2,17,20)(H,18,21). The molecular weight excluding hydrogens is 314 g/mol. The number of thiophene rings is 1. The van der Waals surface area contributed by atoms with Crippen LogP contribution < -0.4 is 11.1 Å². The Morgan fingerprint density at radius 1 is 1.52 bits per heavy atom. The Hall–Kier alpha value is -2.15. The number of amides is 2. The summed E-state index contributed by atoms with van der Waals surface area (Å²) in [6.07, 6.45) is 3.94. The monoisotopic (exact) mass is 333 g/mol. The number of aromatic nitrogens is 1. The van der Waals surface area contributed by atoms with E-state index in [-0.39, 0.29) is 5.69 Å². The Kier molecular flexibility index (Phi) is 4.21. The predicted octanol–water partition coefficient (Wildman–Crippen LogP) is 2.91. The number of nitrogens with two attached hydrogens (primary N) is 1. The van der Waals surface area contributed by atoms with Gasteiger partial charge in [0.05, 0.1) is 5.56 Å². The summed E-state index contributed by atoms with van der Waals surface area (Å²) < 4.78 is 4.91. The van der Waals surface area contributed by atoms with Crippen molar-refractivity contribution in [3.63, 3.8) is 0 Å². The molecule has 0 spiro atoms. The molecule has 2 aromatic heterocycles. The lowest BCUT2D eigenvalue weighted by molar-refractivity contribution is 0.1000. The molecule has 3 N–H and O–H groups in total. The van der Waals surface area contributed by atoms with Crippen LogP contribution in [-0.4, -0.2) is 17.0 Å². The molecule has 0 radical (unpaired) electrons. The van der Waals surface area contributed by atoms with Gasteiger partial charge in [0.15, 0.2) is 5.69 Å². The molecule has 2 heterocycles. The maximum Gasteiger partial charge on any atom is 0.278 e. The average Bonchev–Trinajstić information content (AvgIpc) is 3.09. The SMILES string of the molecule is CCC1CCc2c(sc(NC(=O)c3cc(C)on3)c2C(N)=O)C1. The first kappa shape index (κ1) is 15.7. The van der Waals surface area contributed by atoms with Crippen LogP contribution in [0.25, 0.3) is 0 Å². The Balaban J connectivity index is 1.91. The Bertz CT molecular complexity index is 763. The number of anilines is 1. The third kappa shape index (κ3) is 3.01. The van der Waals surface area contributed by atoms with Crippen molar-refractivity contribution in [2.24, 2.45) is 11.7 Å². The summed E-state index contributed by atoms with van der Waals surface area (Å²) in [4.78, 5) is 25.3. The van der Waals surface area contributed by atoms with Gasteiger partial charge in [0.2, 0.25) is 0 Å². The van der Waals surface area contributed by atoms with Crippen molar-refractivity contribution in [2.75, 3.05) is 5.32 Å². The first-order valence-corrected chi connectivity index (χ1v) is 8.50. The summed E-state index contributed by atoms with van der Waals surface area (Å²) >= 11 is 1.45. The van der Waals surface area contributed by atoms with Crippen LogP contribution in [0.5, 0.6) is 0 Å². The normalized spacial score (nSPS) is 16.9. The maximum absolute atomic E-state index is 12.3. The second-order valence-electron chi connectivity index (χ2n) is 5.87. The molecule has 0 bridgehead atoms. The number of nitrogens with zero attached hydrogens (tertiary/aromatic N) is 1. The quantitative estimate of drug-likeness (QED) is 0.898.